The van der Waals surface area contributed by atoms with Gasteiger partial charge in [0.15, 0.2) is 0 Å². The molecular weight excluding hydrogens is 392 g/mol. The molecule has 1 aliphatic heterocycles. The SMILES string of the molecule is CC(=O)Oc1cccc(C23CCN(C)CC2(O)CC[C@@H](NC(=O)c2ccccc2)C3)c1. The highest BCUT2D eigenvalue weighted by Crippen LogP contribution is 2.52. The topological polar surface area (TPSA) is 78.9 Å². The number of hydrogen-bond donors (Lipinski definition) is 2. The first-order valence-electron chi connectivity index (χ1n) is 10.9. The summed E-state index contributed by atoms with van der Waals surface area (Å²) in [6.45, 7) is 2.80. The van der Waals surface area contributed by atoms with Crippen LogP contribution in [0.25, 0.3) is 0 Å². The average molecular weight is 423 g/mol. The molecule has 2 fully saturated rings. The van der Waals surface area contributed by atoms with Gasteiger partial charge in [0, 0.05) is 30.5 Å². The molecule has 1 saturated heterocycles. The molecule has 31 heavy (non-hydrogen) atoms. The van der Waals surface area contributed by atoms with E-state index in [0.29, 0.717) is 37.1 Å². The second kappa shape index (κ2) is 8.44. The molecule has 2 aliphatic rings. The van der Waals surface area contributed by atoms with Gasteiger partial charge in [0.1, 0.15) is 5.75 Å². The fourth-order valence-electron chi connectivity index (χ4n) is 5.37. The first-order chi connectivity index (χ1) is 14.8. The lowest BCUT2D eigenvalue weighted by Gasteiger charge is -2.57. The van der Waals surface area contributed by atoms with Crippen molar-refractivity contribution in [3.05, 3.63) is 65.7 Å². The number of aliphatic hydroxyl groups is 1. The van der Waals surface area contributed by atoms with Crippen molar-refractivity contribution in [1.82, 2.24) is 10.2 Å². The van der Waals surface area contributed by atoms with E-state index in [-0.39, 0.29) is 17.9 Å². The van der Waals surface area contributed by atoms with E-state index in [1.807, 2.05) is 55.6 Å². The normalized spacial score (nSPS) is 28.4. The van der Waals surface area contributed by atoms with Crippen molar-refractivity contribution >= 4 is 11.9 Å². The standard InChI is InChI=1S/C25H30N2O4/c1-18(28)31-22-10-6-9-20(15-22)24-13-14-27(2)17-25(24,30)12-11-21(16-24)26-23(29)19-7-4-3-5-8-19/h3-10,15,21,30H,11-14,16-17H2,1-2H3,(H,26,29)/t21-,24?,25?/m1/s1. The van der Waals surface area contributed by atoms with E-state index < -0.39 is 11.0 Å². The number of nitrogens with zero attached hydrogens (tertiary/aromatic N) is 1. The van der Waals surface area contributed by atoms with Crippen molar-refractivity contribution in [2.45, 2.75) is 49.7 Å². The van der Waals surface area contributed by atoms with Crippen LogP contribution >= 0.6 is 0 Å². The molecule has 0 spiro atoms. The number of likely N-dealkylation sites (tertiary alicyclic amines) is 1. The van der Waals surface area contributed by atoms with Gasteiger partial charge in [-0.25, -0.2) is 0 Å². The first kappa shape index (κ1) is 21.5. The van der Waals surface area contributed by atoms with Crippen LogP contribution in [0, 0.1) is 0 Å². The van der Waals surface area contributed by atoms with E-state index >= 15 is 0 Å². The molecule has 6 nitrogen and oxygen atoms in total. The Morgan fingerprint density at radius 3 is 2.65 bits per heavy atom. The van der Waals surface area contributed by atoms with Crippen LogP contribution in [0.15, 0.2) is 54.6 Å². The summed E-state index contributed by atoms with van der Waals surface area (Å²) in [5, 5.41) is 15.0. The highest BCUT2D eigenvalue weighted by Gasteiger charge is 2.57. The Bertz CT molecular complexity index is 963. The average Bonchev–Trinajstić information content (AvgIpc) is 2.74. The third kappa shape index (κ3) is 4.23. The van der Waals surface area contributed by atoms with E-state index in [2.05, 4.69) is 10.2 Å². The van der Waals surface area contributed by atoms with Gasteiger partial charge in [-0.2, -0.15) is 0 Å². The summed E-state index contributed by atoms with van der Waals surface area (Å²) in [6, 6.07) is 16.7. The van der Waals surface area contributed by atoms with E-state index in [1.54, 1.807) is 6.07 Å². The number of hydrogen-bond acceptors (Lipinski definition) is 5. The van der Waals surface area contributed by atoms with E-state index in [1.165, 1.54) is 6.92 Å². The Morgan fingerprint density at radius 1 is 1.13 bits per heavy atom. The number of piperidine rings is 1. The van der Waals surface area contributed by atoms with Gasteiger partial charge in [-0.15, -0.1) is 0 Å². The van der Waals surface area contributed by atoms with Gasteiger partial charge in [0.05, 0.1) is 5.60 Å². The molecule has 0 radical (unpaired) electrons. The molecular formula is C25H30N2O4. The molecule has 1 saturated carbocycles. The maximum atomic E-state index is 12.8. The Labute approximate surface area is 183 Å². The molecule has 0 aromatic heterocycles. The quantitative estimate of drug-likeness (QED) is 0.585. The lowest BCUT2D eigenvalue weighted by molar-refractivity contribution is -0.131. The van der Waals surface area contributed by atoms with E-state index in [4.69, 9.17) is 4.74 Å². The Kier molecular flexibility index (Phi) is 5.86. The summed E-state index contributed by atoms with van der Waals surface area (Å²) in [4.78, 5) is 26.4. The molecule has 164 valence electrons. The zero-order valence-electron chi connectivity index (χ0n) is 18.1. The summed E-state index contributed by atoms with van der Waals surface area (Å²) in [6.07, 6.45) is 2.71. The minimum absolute atomic E-state index is 0.0474. The second-order valence-corrected chi connectivity index (χ2v) is 9.00. The van der Waals surface area contributed by atoms with Crippen molar-refractivity contribution in [3.8, 4) is 5.75 Å². The fourth-order valence-corrected chi connectivity index (χ4v) is 5.37. The lowest BCUT2D eigenvalue weighted by atomic mass is 9.55. The highest BCUT2D eigenvalue weighted by molar-refractivity contribution is 5.94. The molecule has 1 heterocycles. The van der Waals surface area contributed by atoms with Crippen molar-refractivity contribution in [2.75, 3.05) is 20.1 Å². The number of nitrogens with one attached hydrogen (secondary N) is 1. The predicted octanol–water partition coefficient (Wildman–Crippen LogP) is 2.90. The fraction of sp³-hybridized carbons (Fsp3) is 0.440. The van der Waals surface area contributed by atoms with Crippen LogP contribution in [-0.2, 0) is 10.2 Å². The van der Waals surface area contributed by atoms with Gasteiger partial charge in [-0.3, -0.25) is 9.59 Å². The molecule has 2 N–H and O–H groups in total. The third-order valence-corrected chi connectivity index (χ3v) is 6.86. The van der Waals surface area contributed by atoms with Crippen LogP contribution in [0.1, 0.15) is 48.5 Å². The van der Waals surface area contributed by atoms with Crippen LogP contribution in [-0.4, -0.2) is 53.7 Å². The molecule has 1 aliphatic carbocycles. The number of carbonyl (C=O) groups excluding carboxylic acids is 2. The Balaban J connectivity index is 1.65. The summed E-state index contributed by atoms with van der Waals surface area (Å²) in [5.41, 5.74) is 0.156. The van der Waals surface area contributed by atoms with Gasteiger partial charge in [0.2, 0.25) is 0 Å². The molecule has 2 aromatic rings. The summed E-state index contributed by atoms with van der Waals surface area (Å²) >= 11 is 0. The summed E-state index contributed by atoms with van der Waals surface area (Å²) < 4.78 is 5.32. The van der Waals surface area contributed by atoms with Gasteiger partial charge >= 0.3 is 5.97 Å². The van der Waals surface area contributed by atoms with Crippen LogP contribution in [0.3, 0.4) is 0 Å². The number of rotatable bonds is 4. The first-order valence-corrected chi connectivity index (χ1v) is 10.9. The maximum absolute atomic E-state index is 12.8. The second-order valence-electron chi connectivity index (χ2n) is 9.00. The number of fused-ring (bicyclic) bond motifs is 1. The highest BCUT2D eigenvalue weighted by atomic mass is 16.5. The van der Waals surface area contributed by atoms with Gasteiger partial charge in [-0.05, 0) is 69.1 Å². The van der Waals surface area contributed by atoms with Crippen molar-refractivity contribution in [3.63, 3.8) is 0 Å². The van der Waals surface area contributed by atoms with Crippen LogP contribution < -0.4 is 10.1 Å². The van der Waals surface area contributed by atoms with Gasteiger partial charge < -0.3 is 20.1 Å². The number of carbonyl (C=O) groups is 2. The molecule has 3 atom stereocenters. The monoisotopic (exact) mass is 422 g/mol. The van der Waals surface area contributed by atoms with Crippen molar-refractivity contribution < 1.29 is 19.4 Å². The van der Waals surface area contributed by atoms with Gasteiger partial charge in [0.25, 0.3) is 5.91 Å². The number of amides is 1. The third-order valence-electron chi connectivity index (χ3n) is 6.86. The van der Waals surface area contributed by atoms with Crippen molar-refractivity contribution in [2.24, 2.45) is 0 Å². The minimum atomic E-state index is -0.914. The largest absolute Gasteiger partial charge is 0.427 e. The number of β-amino-alcohol motifs (C(OH)–C–C–N with tert-alkyl or cyclic N) is 1. The number of likely N-dealkylation sites (N-methyl/N-ethyl adjacent to an activating group) is 1. The van der Waals surface area contributed by atoms with Crippen LogP contribution in [0.5, 0.6) is 5.75 Å². The van der Waals surface area contributed by atoms with Crippen molar-refractivity contribution in [1.29, 1.82) is 0 Å². The zero-order valence-corrected chi connectivity index (χ0v) is 18.1. The molecule has 6 heteroatoms. The molecule has 4 rings (SSSR count). The smallest absolute Gasteiger partial charge is 0.308 e. The summed E-state index contributed by atoms with van der Waals surface area (Å²) in [7, 11) is 2.03. The Hall–Kier alpha value is -2.70. The van der Waals surface area contributed by atoms with Crippen LogP contribution in [0.2, 0.25) is 0 Å². The Morgan fingerprint density at radius 2 is 1.90 bits per heavy atom. The van der Waals surface area contributed by atoms with Crippen LogP contribution in [0.4, 0.5) is 0 Å². The van der Waals surface area contributed by atoms with Gasteiger partial charge in [-0.1, -0.05) is 30.3 Å². The number of ether oxygens (including phenoxy) is 1. The van der Waals surface area contributed by atoms with E-state index in [0.717, 1.165) is 18.5 Å². The lowest BCUT2D eigenvalue weighted by Crippen LogP contribution is -2.66. The predicted molar refractivity (Wildman–Crippen MR) is 118 cm³/mol. The maximum Gasteiger partial charge on any atom is 0.308 e. The zero-order chi connectivity index (χ0) is 22.1. The molecule has 1 amide bonds. The molecule has 2 unspecified atom stereocenters. The molecule has 2 aromatic carbocycles. The summed E-state index contributed by atoms with van der Waals surface area (Å²) in [5.74, 6) is 0.0220. The number of esters is 1. The minimum Gasteiger partial charge on any atom is -0.427 e. The van der Waals surface area contributed by atoms with E-state index in [9.17, 15) is 14.7 Å². The molecule has 0 bridgehead atoms. The number of benzene rings is 2.